The Morgan fingerprint density at radius 2 is 1.92 bits per heavy atom. The topological polar surface area (TPSA) is 83.6 Å². The van der Waals surface area contributed by atoms with E-state index in [2.05, 4.69) is 20.5 Å². The predicted molar refractivity (Wildman–Crippen MR) is 142 cm³/mol. The molecular formula is C29H38F2N4O3. The summed E-state index contributed by atoms with van der Waals surface area (Å²) in [5, 5.41) is 5.28. The SMILES string of the molecule is CCC(F)(CC)CN1CCC(COc2ccc(-c3ccc(C(=O)NC(=O)[C@@H]4CCCN4)c(F)c3)nc2)CC1. The van der Waals surface area contributed by atoms with Gasteiger partial charge in [-0.15, -0.1) is 0 Å². The Morgan fingerprint density at radius 1 is 1.16 bits per heavy atom. The van der Waals surface area contributed by atoms with Gasteiger partial charge in [-0.3, -0.25) is 19.9 Å². The van der Waals surface area contributed by atoms with Gasteiger partial charge in [0.25, 0.3) is 5.91 Å². The first-order valence-electron chi connectivity index (χ1n) is 13.7. The van der Waals surface area contributed by atoms with Crippen LogP contribution in [0.5, 0.6) is 5.75 Å². The van der Waals surface area contributed by atoms with E-state index in [9.17, 15) is 18.4 Å². The molecular weight excluding hydrogens is 490 g/mol. The summed E-state index contributed by atoms with van der Waals surface area (Å²) >= 11 is 0. The molecule has 0 unspecified atom stereocenters. The quantitative estimate of drug-likeness (QED) is 0.442. The Morgan fingerprint density at radius 3 is 2.53 bits per heavy atom. The fourth-order valence-corrected chi connectivity index (χ4v) is 5.07. The summed E-state index contributed by atoms with van der Waals surface area (Å²) in [4.78, 5) is 31.1. The van der Waals surface area contributed by atoms with E-state index in [1.54, 1.807) is 24.4 Å². The zero-order valence-electron chi connectivity index (χ0n) is 22.3. The number of amides is 2. The van der Waals surface area contributed by atoms with Crippen molar-refractivity contribution >= 4 is 11.8 Å². The van der Waals surface area contributed by atoms with Crippen LogP contribution >= 0.6 is 0 Å². The van der Waals surface area contributed by atoms with Crippen molar-refractivity contribution < 1.29 is 23.1 Å². The van der Waals surface area contributed by atoms with Gasteiger partial charge in [-0.05, 0) is 88.3 Å². The number of benzene rings is 1. The molecule has 2 aliphatic rings. The van der Waals surface area contributed by atoms with Crippen LogP contribution < -0.4 is 15.4 Å². The van der Waals surface area contributed by atoms with Crippen LogP contribution in [-0.2, 0) is 4.79 Å². The third-order valence-corrected chi connectivity index (χ3v) is 7.83. The number of ether oxygens (including phenoxy) is 1. The Kier molecular flexibility index (Phi) is 9.44. The summed E-state index contributed by atoms with van der Waals surface area (Å²) in [6, 6.07) is 7.34. The number of halogens is 2. The largest absolute Gasteiger partial charge is 0.492 e. The zero-order valence-corrected chi connectivity index (χ0v) is 22.3. The number of hydrogen-bond donors (Lipinski definition) is 2. The maximum Gasteiger partial charge on any atom is 0.260 e. The van der Waals surface area contributed by atoms with Gasteiger partial charge in [0.15, 0.2) is 0 Å². The van der Waals surface area contributed by atoms with Crippen molar-refractivity contribution in [3.8, 4) is 17.0 Å². The Hall–Kier alpha value is -2.91. The van der Waals surface area contributed by atoms with E-state index in [0.717, 1.165) is 38.9 Å². The van der Waals surface area contributed by atoms with Crippen LogP contribution in [0.3, 0.4) is 0 Å². The van der Waals surface area contributed by atoms with Gasteiger partial charge in [0.1, 0.15) is 17.2 Å². The number of rotatable bonds is 10. The minimum absolute atomic E-state index is 0.187. The van der Waals surface area contributed by atoms with Gasteiger partial charge in [-0.1, -0.05) is 19.9 Å². The highest BCUT2D eigenvalue weighted by Gasteiger charge is 2.30. The first-order chi connectivity index (χ1) is 18.3. The molecule has 0 spiro atoms. The molecule has 0 aliphatic carbocycles. The summed E-state index contributed by atoms with van der Waals surface area (Å²) in [6.07, 6.45) is 6.16. The van der Waals surface area contributed by atoms with Gasteiger partial charge in [-0.25, -0.2) is 8.78 Å². The van der Waals surface area contributed by atoms with E-state index in [0.29, 0.717) is 55.3 Å². The molecule has 7 nitrogen and oxygen atoms in total. The molecule has 206 valence electrons. The second-order valence-electron chi connectivity index (χ2n) is 10.4. The molecule has 2 saturated heterocycles. The molecule has 0 radical (unpaired) electrons. The summed E-state index contributed by atoms with van der Waals surface area (Å²) in [7, 11) is 0. The number of nitrogens with one attached hydrogen (secondary N) is 2. The van der Waals surface area contributed by atoms with Gasteiger partial charge < -0.3 is 15.0 Å². The van der Waals surface area contributed by atoms with Crippen LogP contribution in [0.4, 0.5) is 8.78 Å². The molecule has 2 amide bonds. The number of alkyl halides is 1. The van der Waals surface area contributed by atoms with E-state index in [4.69, 9.17) is 4.74 Å². The van der Waals surface area contributed by atoms with Crippen LogP contribution in [-0.4, -0.2) is 66.2 Å². The second kappa shape index (κ2) is 12.8. The third kappa shape index (κ3) is 7.14. The van der Waals surface area contributed by atoms with Crippen molar-refractivity contribution in [3.63, 3.8) is 0 Å². The molecule has 2 aromatic rings. The lowest BCUT2D eigenvalue weighted by Crippen LogP contribution is -2.44. The number of aromatic nitrogens is 1. The number of nitrogens with zero attached hydrogens (tertiary/aromatic N) is 2. The average molecular weight is 529 g/mol. The van der Waals surface area contributed by atoms with Crippen LogP contribution in [0.25, 0.3) is 11.3 Å². The molecule has 1 aromatic heterocycles. The van der Waals surface area contributed by atoms with Gasteiger partial charge in [0.2, 0.25) is 5.91 Å². The van der Waals surface area contributed by atoms with Crippen LogP contribution in [0, 0.1) is 11.7 Å². The Bertz CT molecular complexity index is 1090. The summed E-state index contributed by atoms with van der Waals surface area (Å²) in [5.74, 6) is -0.870. The molecule has 9 heteroatoms. The first-order valence-corrected chi connectivity index (χ1v) is 13.7. The number of hydrogen-bond acceptors (Lipinski definition) is 6. The first kappa shape index (κ1) is 28.1. The maximum atomic E-state index is 14.7. The monoisotopic (exact) mass is 528 g/mol. The lowest BCUT2D eigenvalue weighted by molar-refractivity contribution is -0.121. The molecule has 0 saturated carbocycles. The maximum absolute atomic E-state index is 14.7. The fourth-order valence-electron chi connectivity index (χ4n) is 5.07. The minimum Gasteiger partial charge on any atom is -0.492 e. The molecule has 4 rings (SSSR count). The number of carbonyl (C=O) groups is 2. The minimum atomic E-state index is -1.10. The standard InChI is InChI=1S/C29H38F2N4O3/c1-3-29(31,4-2)19-35-14-11-20(12-15-35)18-38-22-8-10-25(33-17-22)21-7-9-23(24(30)16-21)27(36)34-28(37)26-6-5-13-32-26/h7-10,16-17,20,26,32H,3-6,11-15,18-19H2,1-2H3,(H,34,36,37)/t26-/m0/s1. The highest BCUT2D eigenvalue weighted by Crippen LogP contribution is 2.27. The molecule has 2 N–H and O–H groups in total. The van der Waals surface area contributed by atoms with Crippen molar-refractivity contribution in [1.82, 2.24) is 20.5 Å². The summed E-state index contributed by atoms with van der Waals surface area (Å²) in [6.45, 7) is 7.38. The Labute approximate surface area is 223 Å². The second-order valence-corrected chi connectivity index (χ2v) is 10.4. The van der Waals surface area contributed by atoms with Gasteiger partial charge in [0.05, 0.1) is 30.1 Å². The van der Waals surface area contributed by atoms with Crippen LogP contribution in [0.1, 0.15) is 62.7 Å². The third-order valence-electron chi connectivity index (χ3n) is 7.83. The highest BCUT2D eigenvalue weighted by atomic mass is 19.1. The van der Waals surface area contributed by atoms with E-state index in [1.807, 2.05) is 13.8 Å². The molecule has 38 heavy (non-hydrogen) atoms. The molecule has 1 aromatic carbocycles. The smallest absolute Gasteiger partial charge is 0.260 e. The lowest BCUT2D eigenvalue weighted by Gasteiger charge is -2.36. The van der Waals surface area contributed by atoms with E-state index >= 15 is 0 Å². The molecule has 0 bridgehead atoms. The fraction of sp³-hybridized carbons (Fsp3) is 0.552. The van der Waals surface area contributed by atoms with Crippen molar-refractivity contribution in [2.75, 3.05) is 32.8 Å². The normalized spacial score (nSPS) is 18.9. The predicted octanol–water partition coefficient (Wildman–Crippen LogP) is 4.52. The van der Waals surface area contributed by atoms with E-state index in [1.165, 1.54) is 12.1 Å². The Balaban J connectivity index is 1.26. The van der Waals surface area contributed by atoms with Crippen molar-refractivity contribution in [1.29, 1.82) is 0 Å². The number of likely N-dealkylation sites (tertiary alicyclic amines) is 1. The average Bonchev–Trinajstić information content (AvgIpc) is 3.48. The van der Waals surface area contributed by atoms with Crippen molar-refractivity contribution in [2.45, 2.75) is 64.1 Å². The number of carbonyl (C=O) groups excluding carboxylic acids is 2. The number of pyridine rings is 1. The summed E-state index contributed by atoms with van der Waals surface area (Å²) in [5.41, 5.74) is -0.222. The highest BCUT2D eigenvalue weighted by molar-refractivity contribution is 6.06. The molecule has 2 aliphatic heterocycles. The van der Waals surface area contributed by atoms with Gasteiger partial charge in [0, 0.05) is 12.1 Å². The van der Waals surface area contributed by atoms with Crippen LogP contribution in [0.15, 0.2) is 36.5 Å². The van der Waals surface area contributed by atoms with Crippen molar-refractivity contribution in [2.24, 2.45) is 5.92 Å². The van der Waals surface area contributed by atoms with E-state index in [-0.39, 0.29) is 5.56 Å². The van der Waals surface area contributed by atoms with E-state index < -0.39 is 29.3 Å². The van der Waals surface area contributed by atoms with Gasteiger partial charge >= 0.3 is 0 Å². The van der Waals surface area contributed by atoms with Crippen molar-refractivity contribution in [3.05, 3.63) is 47.9 Å². The van der Waals surface area contributed by atoms with Crippen LogP contribution in [0.2, 0.25) is 0 Å². The van der Waals surface area contributed by atoms with Gasteiger partial charge in [-0.2, -0.15) is 0 Å². The molecule has 1 atom stereocenters. The number of imide groups is 1. The number of piperidine rings is 1. The molecule has 3 heterocycles. The zero-order chi connectivity index (χ0) is 27.1. The summed E-state index contributed by atoms with van der Waals surface area (Å²) < 4.78 is 35.4. The molecule has 2 fully saturated rings. The lowest BCUT2D eigenvalue weighted by atomic mass is 9.94.